The molecule has 1 fully saturated rings. The molecule has 0 atom stereocenters. The Morgan fingerprint density at radius 3 is 2.72 bits per heavy atom. The molecule has 3 rings (SSSR count). The lowest BCUT2D eigenvalue weighted by molar-refractivity contribution is -0.133. The van der Waals surface area contributed by atoms with Crippen LogP contribution in [-0.4, -0.2) is 48.9 Å². The smallest absolute Gasteiger partial charge is 0.310 e. The number of ether oxygens (including phenoxy) is 1. The molecular formula is C18H22N2O4S. The fourth-order valence-electron chi connectivity index (χ4n) is 3.03. The molecule has 25 heavy (non-hydrogen) atoms. The second kappa shape index (κ2) is 7.09. The minimum Gasteiger partial charge on any atom is -0.424 e. The van der Waals surface area contributed by atoms with E-state index in [9.17, 15) is 13.2 Å². The zero-order valence-electron chi connectivity index (χ0n) is 14.5. The van der Waals surface area contributed by atoms with E-state index in [0.717, 1.165) is 16.5 Å². The SMILES string of the molecule is CCC(=O)Oc1c(C)cc(CN2CCS(=O)(=O)CC2)c2cccnc12. The summed E-state index contributed by atoms with van der Waals surface area (Å²) < 4.78 is 28.7. The van der Waals surface area contributed by atoms with Crippen LogP contribution in [0.4, 0.5) is 0 Å². The number of rotatable bonds is 4. The second-order valence-electron chi connectivity index (χ2n) is 6.34. The third-order valence-electron chi connectivity index (χ3n) is 4.45. The van der Waals surface area contributed by atoms with Crippen molar-refractivity contribution in [1.82, 2.24) is 9.88 Å². The average Bonchev–Trinajstić information content (AvgIpc) is 2.60. The van der Waals surface area contributed by atoms with E-state index in [2.05, 4.69) is 9.88 Å². The van der Waals surface area contributed by atoms with Crippen LogP contribution in [0.2, 0.25) is 0 Å². The van der Waals surface area contributed by atoms with E-state index < -0.39 is 9.84 Å². The molecule has 7 heteroatoms. The van der Waals surface area contributed by atoms with Gasteiger partial charge < -0.3 is 4.74 Å². The van der Waals surface area contributed by atoms with Gasteiger partial charge in [-0.15, -0.1) is 0 Å². The molecule has 0 amide bonds. The standard InChI is InChI=1S/C18H22N2O4S/c1-3-16(21)24-18-13(2)11-14(15-5-4-6-19-17(15)18)12-20-7-9-25(22,23)10-8-20/h4-6,11H,3,7-10,12H2,1-2H3. The Hall–Kier alpha value is -1.99. The van der Waals surface area contributed by atoms with Crippen molar-refractivity contribution in [3.63, 3.8) is 0 Å². The Kier molecular flexibility index (Phi) is 5.06. The molecule has 0 N–H and O–H groups in total. The third-order valence-corrected chi connectivity index (χ3v) is 6.06. The highest BCUT2D eigenvalue weighted by Gasteiger charge is 2.23. The van der Waals surface area contributed by atoms with E-state index in [0.29, 0.717) is 37.3 Å². The normalized spacial score (nSPS) is 17.5. The van der Waals surface area contributed by atoms with Crippen molar-refractivity contribution >= 4 is 26.7 Å². The zero-order chi connectivity index (χ0) is 18.0. The van der Waals surface area contributed by atoms with E-state index >= 15 is 0 Å². The molecule has 0 radical (unpaired) electrons. The molecule has 1 aliphatic heterocycles. The molecule has 1 aromatic heterocycles. The van der Waals surface area contributed by atoms with Gasteiger partial charge in [0.2, 0.25) is 0 Å². The van der Waals surface area contributed by atoms with Crippen molar-refractivity contribution < 1.29 is 17.9 Å². The first-order chi connectivity index (χ1) is 11.9. The molecule has 134 valence electrons. The number of carbonyl (C=O) groups is 1. The van der Waals surface area contributed by atoms with Gasteiger partial charge in [-0.1, -0.05) is 19.1 Å². The van der Waals surface area contributed by atoms with Crippen LogP contribution in [0.15, 0.2) is 24.4 Å². The molecule has 1 aliphatic rings. The van der Waals surface area contributed by atoms with Gasteiger partial charge in [-0.2, -0.15) is 0 Å². The van der Waals surface area contributed by atoms with Crippen LogP contribution in [-0.2, 0) is 21.2 Å². The van der Waals surface area contributed by atoms with E-state index in [-0.39, 0.29) is 17.5 Å². The summed E-state index contributed by atoms with van der Waals surface area (Å²) >= 11 is 0. The maximum atomic E-state index is 11.7. The number of esters is 1. The fourth-order valence-corrected chi connectivity index (χ4v) is 4.31. The lowest BCUT2D eigenvalue weighted by Crippen LogP contribution is -2.39. The van der Waals surface area contributed by atoms with Crippen molar-refractivity contribution in [3.8, 4) is 5.75 Å². The topological polar surface area (TPSA) is 76.6 Å². The minimum atomic E-state index is -2.89. The number of aromatic nitrogens is 1. The second-order valence-corrected chi connectivity index (χ2v) is 8.64. The van der Waals surface area contributed by atoms with Crippen LogP contribution in [0.5, 0.6) is 5.75 Å². The molecule has 0 bridgehead atoms. The van der Waals surface area contributed by atoms with Gasteiger partial charge in [-0.3, -0.25) is 14.7 Å². The maximum Gasteiger partial charge on any atom is 0.310 e. The number of sulfone groups is 1. The fraction of sp³-hybridized carbons (Fsp3) is 0.444. The van der Waals surface area contributed by atoms with Gasteiger partial charge in [-0.25, -0.2) is 8.42 Å². The van der Waals surface area contributed by atoms with Gasteiger partial charge in [0.05, 0.1) is 11.5 Å². The predicted molar refractivity (Wildman–Crippen MR) is 96.3 cm³/mol. The molecule has 1 aromatic carbocycles. The van der Waals surface area contributed by atoms with Gasteiger partial charge in [-0.05, 0) is 24.1 Å². The summed E-state index contributed by atoms with van der Waals surface area (Å²) in [6.45, 7) is 5.38. The molecule has 1 saturated heterocycles. The number of aryl methyl sites for hydroxylation is 1. The third kappa shape index (κ3) is 3.99. The number of hydrogen-bond donors (Lipinski definition) is 0. The van der Waals surface area contributed by atoms with Crippen LogP contribution in [0, 0.1) is 6.92 Å². The molecule has 0 saturated carbocycles. The van der Waals surface area contributed by atoms with Gasteiger partial charge in [0.15, 0.2) is 15.6 Å². The monoisotopic (exact) mass is 362 g/mol. The van der Waals surface area contributed by atoms with Crippen LogP contribution in [0.25, 0.3) is 10.9 Å². The summed E-state index contributed by atoms with van der Waals surface area (Å²) in [5.74, 6) is 0.624. The van der Waals surface area contributed by atoms with E-state index in [1.54, 1.807) is 13.1 Å². The molecule has 6 nitrogen and oxygen atoms in total. The number of benzene rings is 1. The summed E-state index contributed by atoms with van der Waals surface area (Å²) in [6.07, 6.45) is 1.99. The van der Waals surface area contributed by atoms with Crippen LogP contribution in [0.1, 0.15) is 24.5 Å². The van der Waals surface area contributed by atoms with Crippen LogP contribution < -0.4 is 4.74 Å². The van der Waals surface area contributed by atoms with Crippen molar-refractivity contribution in [1.29, 1.82) is 0 Å². The number of hydrogen-bond acceptors (Lipinski definition) is 6. The van der Waals surface area contributed by atoms with Crippen LogP contribution >= 0.6 is 0 Å². The molecule has 0 unspecified atom stereocenters. The van der Waals surface area contributed by atoms with Gasteiger partial charge in [0, 0.05) is 37.6 Å². The first kappa shape index (κ1) is 17.8. The largest absolute Gasteiger partial charge is 0.424 e. The Bertz CT molecular complexity index is 895. The summed E-state index contributed by atoms with van der Waals surface area (Å²) in [4.78, 5) is 18.3. The molecule has 0 spiro atoms. The van der Waals surface area contributed by atoms with E-state index in [1.165, 1.54) is 0 Å². The molecular weight excluding hydrogens is 340 g/mol. The van der Waals surface area contributed by atoms with Gasteiger partial charge >= 0.3 is 5.97 Å². The summed E-state index contributed by atoms with van der Waals surface area (Å²) in [5, 5.41) is 0.931. The Balaban J connectivity index is 1.94. The van der Waals surface area contributed by atoms with E-state index in [1.807, 2.05) is 25.1 Å². The summed E-state index contributed by atoms with van der Waals surface area (Å²) in [5.41, 5.74) is 2.59. The van der Waals surface area contributed by atoms with Crippen molar-refractivity contribution in [2.24, 2.45) is 0 Å². The lowest BCUT2D eigenvalue weighted by atomic mass is 10.0. The number of carbonyl (C=O) groups excluding carboxylic acids is 1. The summed E-state index contributed by atoms with van der Waals surface area (Å²) in [6, 6.07) is 5.82. The minimum absolute atomic E-state index is 0.203. The average molecular weight is 362 g/mol. The number of fused-ring (bicyclic) bond motifs is 1. The van der Waals surface area contributed by atoms with Crippen LogP contribution in [0.3, 0.4) is 0 Å². The van der Waals surface area contributed by atoms with Crippen molar-refractivity contribution in [3.05, 3.63) is 35.5 Å². The molecule has 2 heterocycles. The number of pyridine rings is 1. The highest BCUT2D eigenvalue weighted by molar-refractivity contribution is 7.91. The zero-order valence-corrected chi connectivity index (χ0v) is 15.3. The quantitative estimate of drug-likeness (QED) is 0.612. The van der Waals surface area contributed by atoms with Gasteiger partial charge in [0.1, 0.15) is 5.52 Å². The first-order valence-electron chi connectivity index (χ1n) is 8.40. The Morgan fingerprint density at radius 1 is 1.32 bits per heavy atom. The Labute approximate surface area is 147 Å². The number of nitrogens with zero attached hydrogens (tertiary/aromatic N) is 2. The van der Waals surface area contributed by atoms with E-state index in [4.69, 9.17) is 4.74 Å². The molecule has 0 aliphatic carbocycles. The maximum absolute atomic E-state index is 11.7. The summed E-state index contributed by atoms with van der Waals surface area (Å²) in [7, 11) is -2.89. The first-order valence-corrected chi connectivity index (χ1v) is 10.2. The van der Waals surface area contributed by atoms with Crippen molar-refractivity contribution in [2.75, 3.05) is 24.6 Å². The highest BCUT2D eigenvalue weighted by Crippen LogP contribution is 2.32. The molecule has 2 aromatic rings. The van der Waals surface area contributed by atoms with Crippen molar-refractivity contribution in [2.45, 2.75) is 26.8 Å². The Morgan fingerprint density at radius 2 is 2.04 bits per heavy atom. The lowest BCUT2D eigenvalue weighted by Gasteiger charge is -2.27. The van der Waals surface area contributed by atoms with Gasteiger partial charge in [0.25, 0.3) is 0 Å². The predicted octanol–water partition coefficient (Wildman–Crippen LogP) is 2.09. The highest BCUT2D eigenvalue weighted by atomic mass is 32.2.